The number of carbonyl (C=O) groups is 1. The second-order valence-corrected chi connectivity index (χ2v) is 9.87. The molecule has 37 heavy (non-hydrogen) atoms. The molecule has 3 aromatic rings. The molecule has 0 aliphatic carbocycles. The van der Waals surface area contributed by atoms with Crippen LogP contribution >= 0.6 is 34.5 Å². The fourth-order valence-electron chi connectivity index (χ4n) is 4.10. The van der Waals surface area contributed by atoms with Crippen molar-refractivity contribution >= 4 is 46.6 Å². The van der Waals surface area contributed by atoms with Crippen molar-refractivity contribution in [3.63, 3.8) is 0 Å². The average molecular weight is 561 g/mol. The van der Waals surface area contributed by atoms with Gasteiger partial charge in [0.25, 0.3) is 5.56 Å². The molecule has 2 heterocycles. The minimum atomic E-state index is -0.763. The van der Waals surface area contributed by atoms with E-state index >= 15 is 0 Å². The molecule has 0 bridgehead atoms. The maximum atomic E-state index is 13.8. The Hall–Kier alpha value is -3.07. The summed E-state index contributed by atoms with van der Waals surface area (Å²) in [5.74, 6) is 0.579. The van der Waals surface area contributed by atoms with Crippen LogP contribution in [0.2, 0.25) is 10.0 Å². The minimum absolute atomic E-state index is 0.192. The van der Waals surface area contributed by atoms with Crippen molar-refractivity contribution in [2.24, 2.45) is 4.99 Å². The van der Waals surface area contributed by atoms with Gasteiger partial charge in [0.1, 0.15) is 0 Å². The second kappa shape index (κ2) is 11.5. The highest BCUT2D eigenvalue weighted by Crippen LogP contribution is 2.36. The minimum Gasteiger partial charge on any atom is -0.490 e. The van der Waals surface area contributed by atoms with Gasteiger partial charge in [-0.25, -0.2) is 9.79 Å². The van der Waals surface area contributed by atoms with Crippen molar-refractivity contribution < 1.29 is 19.0 Å². The lowest BCUT2D eigenvalue weighted by Gasteiger charge is -2.25. The van der Waals surface area contributed by atoms with Crippen LogP contribution in [0.15, 0.2) is 57.5 Å². The molecule has 0 spiro atoms. The molecule has 10 heteroatoms. The molecule has 1 aromatic heterocycles. The first kappa shape index (κ1) is 27.0. The summed E-state index contributed by atoms with van der Waals surface area (Å²) < 4.78 is 18.9. The fraction of sp³-hybridized carbons (Fsp3) is 0.296. The number of esters is 1. The van der Waals surface area contributed by atoms with Gasteiger partial charge in [0.05, 0.1) is 51.7 Å². The van der Waals surface area contributed by atoms with Gasteiger partial charge in [0.15, 0.2) is 16.3 Å². The number of aromatic nitrogens is 1. The van der Waals surface area contributed by atoms with Crippen LogP contribution in [0.25, 0.3) is 6.08 Å². The van der Waals surface area contributed by atoms with E-state index in [9.17, 15) is 9.59 Å². The number of halogens is 2. The zero-order valence-corrected chi connectivity index (χ0v) is 23.2. The monoisotopic (exact) mass is 560 g/mol. The highest BCUT2D eigenvalue weighted by molar-refractivity contribution is 7.07. The third-order valence-electron chi connectivity index (χ3n) is 5.64. The van der Waals surface area contributed by atoms with E-state index in [1.54, 1.807) is 50.3 Å². The highest BCUT2D eigenvalue weighted by atomic mass is 35.5. The van der Waals surface area contributed by atoms with Crippen molar-refractivity contribution in [1.82, 2.24) is 4.57 Å². The smallest absolute Gasteiger partial charge is 0.338 e. The molecule has 0 amide bonds. The number of fused-ring (bicyclic) bond motifs is 1. The van der Waals surface area contributed by atoms with Crippen LogP contribution in [-0.4, -0.2) is 30.4 Å². The van der Waals surface area contributed by atoms with Crippen molar-refractivity contribution in [3.05, 3.63) is 88.5 Å². The van der Waals surface area contributed by atoms with Crippen molar-refractivity contribution in [2.75, 3.05) is 19.8 Å². The maximum absolute atomic E-state index is 13.8. The lowest BCUT2D eigenvalue weighted by atomic mass is 9.95. The van der Waals surface area contributed by atoms with Crippen LogP contribution in [0.1, 0.15) is 44.9 Å². The van der Waals surface area contributed by atoms with E-state index < -0.39 is 12.0 Å². The van der Waals surface area contributed by atoms with Gasteiger partial charge in [0.2, 0.25) is 0 Å². The molecule has 0 saturated carbocycles. The Balaban J connectivity index is 1.95. The van der Waals surface area contributed by atoms with Crippen molar-refractivity contribution in [3.8, 4) is 11.5 Å². The van der Waals surface area contributed by atoms with Gasteiger partial charge in [-0.05, 0) is 69.2 Å². The van der Waals surface area contributed by atoms with Crippen molar-refractivity contribution in [2.45, 2.75) is 33.7 Å². The molecule has 1 aliphatic rings. The van der Waals surface area contributed by atoms with Gasteiger partial charge in [-0.2, -0.15) is 0 Å². The number of hydrogen-bond donors (Lipinski definition) is 0. The summed E-state index contributed by atoms with van der Waals surface area (Å²) in [6, 6.07) is 9.79. The van der Waals surface area contributed by atoms with Gasteiger partial charge in [0, 0.05) is 0 Å². The van der Waals surface area contributed by atoms with Crippen LogP contribution < -0.4 is 24.4 Å². The molecule has 0 unspecified atom stereocenters. The largest absolute Gasteiger partial charge is 0.490 e. The highest BCUT2D eigenvalue weighted by Gasteiger charge is 2.34. The van der Waals surface area contributed by atoms with E-state index in [1.165, 1.54) is 15.9 Å². The second-order valence-electron chi connectivity index (χ2n) is 8.05. The van der Waals surface area contributed by atoms with Crippen LogP contribution in [0, 0.1) is 0 Å². The third-order valence-corrected chi connectivity index (χ3v) is 7.36. The predicted octanol–water partition coefficient (Wildman–Crippen LogP) is 4.90. The van der Waals surface area contributed by atoms with E-state index in [0.717, 1.165) is 5.56 Å². The SMILES string of the molecule is CCOC(=O)C1=C(C)N=c2s/c(=C\c3ccc(Cl)c(Cl)c3)c(=O)n2[C@@H]1c1ccc(OCC)c(OCC)c1. The lowest BCUT2D eigenvalue weighted by Crippen LogP contribution is -2.40. The normalized spacial score (nSPS) is 15.3. The number of hydrogen-bond acceptors (Lipinski definition) is 7. The molecular weight excluding hydrogens is 535 g/mol. The summed E-state index contributed by atoms with van der Waals surface area (Å²) in [5, 5.41) is 0.815. The number of rotatable bonds is 8. The number of benzene rings is 2. The molecule has 0 radical (unpaired) electrons. The van der Waals surface area contributed by atoms with Gasteiger partial charge in [-0.3, -0.25) is 9.36 Å². The maximum Gasteiger partial charge on any atom is 0.338 e. The number of ether oxygens (including phenoxy) is 3. The molecular formula is C27H26Cl2N2O5S. The van der Waals surface area contributed by atoms with E-state index in [2.05, 4.69) is 4.99 Å². The summed E-state index contributed by atoms with van der Waals surface area (Å²) >= 11 is 13.4. The lowest BCUT2D eigenvalue weighted by molar-refractivity contribution is -0.139. The summed E-state index contributed by atoms with van der Waals surface area (Å²) in [6.07, 6.45) is 1.73. The first-order valence-corrected chi connectivity index (χ1v) is 13.4. The Morgan fingerprint density at radius 2 is 1.76 bits per heavy atom. The number of thiazole rings is 1. The summed E-state index contributed by atoms with van der Waals surface area (Å²) in [4.78, 5) is 32.0. The van der Waals surface area contributed by atoms with Crippen molar-refractivity contribution in [1.29, 1.82) is 0 Å². The number of carbonyl (C=O) groups excluding carboxylic acids is 1. The van der Waals surface area contributed by atoms with Crippen LogP contribution in [-0.2, 0) is 9.53 Å². The molecule has 0 N–H and O–H groups in total. The quantitative estimate of drug-likeness (QED) is 0.366. The first-order chi connectivity index (χ1) is 17.8. The fourth-order valence-corrected chi connectivity index (χ4v) is 5.45. The van der Waals surface area contributed by atoms with E-state index in [-0.39, 0.29) is 12.2 Å². The van der Waals surface area contributed by atoms with E-state index in [0.29, 0.717) is 60.9 Å². The predicted molar refractivity (Wildman–Crippen MR) is 146 cm³/mol. The number of allylic oxidation sites excluding steroid dienone is 1. The zero-order chi connectivity index (χ0) is 26.7. The van der Waals surface area contributed by atoms with Gasteiger partial charge in [-0.15, -0.1) is 0 Å². The number of nitrogens with zero attached hydrogens (tertiary/aromatic N) is 2. The van der Waals surface area contributed by atoms with Crippen LogP contribution in [0.5, 0.6) is 11.5 Å². The molecule has 0 saturated heterocycles. The van der Waals surface area contributed by atoms with Gasteiger partial charge < -0.3 is 14.2 Å². The van der Waals surface area contributed by atoms with Gasteiger partial charge >= 0.3 is 5.97 Å². The molecule has 2 aromatic carbocycles. The molecule has 1 aliphatic heterocycles. The standard InChI is InChI=1S/C27H26Cl2N2O5S/c1-5-34-20-11-9-17(14-21(20)35-6-2)24-23(26(33)36-7-3)15(4)30-27-31(24)25(32)22(37-27)13-16-8-10-18(28)19(29)12-16/h8-14,24H,5-7H2,1-4H3/b22-13-/t24-/m1/s1. The molecule has 4 rings (SSSR count). The summed E-state index contributed by atoms with van der Waals surface area (Å²) in [5.41, 5.74) is 1.88. The average Bonchev–Trinajstić information content (AvgIpc) is 3.16. The van der Waals surface area contributed by atoms with Gasteiger partial charge in [-0.1, -0.05) is 46.7 Å². The van der Waals surface area contributed by atoms with E-state index in [4.69, 9.17) is 37.4 Å². The zero-order valence-electron chi connectivity index (χ0n) is 20.8. The molecule has 1 atom stereocenters. The Labute approximate surface area is 228 Å². The van der Waals surface area contributed by atoms with Crippen LogP contribution in [0.4, 0.5) is 0 Å². The Morgan fingerprint density at radius 3 is 2.43 bits per heavy atom. The Morgan fingerprint density at radius 1 is 1.03 bits per heavy atom. The topological polar surface area (TPSA) is 79.1 Å². The Kier molecular flexibility index (Phi) is 8.42. The van der Waals surface area contributed by atoms with Crippen LogP contribution in [0.3, 0.4) is 0 Å². The third kappa shape index (κ3) is 5.46. The molecule has 7 nitrogen and oxygen atoms in total. The molecule has 0 fully saturated rings. The Bertz CT molecular complexity index is 1560. The summed E-state index contributed by atoms with van der Waals surface area (Å²) in [6.45, 7) is 8.33. The molecule has 194 valence electrons. The summed E-state index contributed by atoms with van der Waals surface area (Å²) in [7, 11) is 0. The van der Waals surface area contributed by atoms with E-state index in [1.807, 2.05) is 19.9 Å². The first-order valence-electron chi connectivity index (χ1n) is 11.8.